The van der Waals surface area contributed by atoms with Gasteiger partial charge >= 0.3 is 0 Å². The molecule has 110 valence electrons. The molecule has 2 rings (SSSR count). The quantitative estimate of drug-likeness (QED) is 0.844. The number of benzene rings is 1. The Morgan fingerprint density at radius 2 is 1.95 bits per heavy atom. The van der Waals surface area contributed by atoms with Crippen molar-refractivity contribution in [3.63, 3.8) is 0 Å². The maximum absolute atomic E-state index is 11.4. The monoisotopic (exact) mass is 286 g/mol. The van der Waals surface area contributed by atoms with Gasteiger partial charge < -0.3 is 15.4 Å². The third-order valence-electron chi connectivity index (χ3n) is 2.98. The van der Waals surface area contributed by atoms with Gasteiger partial charge in [0.1, 0.15) is 5.82 Å². The molecule has 6 nitrogen and oxygen atoms in total. The Labute approximate surface area is 123 Å². The fourth-order valence-corrected chi connectivity index (χ4v) is 1.91. The number of carbonyl (C=O) groups is 1. The molecule has 0 aliphatic heterocycles. The molecule has 0 radical (unpaired) electrons. The number of nitrogens with one attached hydrogen (secondary N) is 2. The molecule has 6 heteroatoms. The molecular weight excluding hydrogens is 268 g/mol. The van der Waals surface area contributed by atoms with Gasteiger partial charge in [-0.15, -0.1) is 10.2 Å². The van der Waals surface area contributed by atoms with Crippen LogP contribution in [0.15, 0.2) is 42.5 Å². The highest BCUT2D eigenvalue weighted by molar-refractivity contribution is 5.91. The lowest BCUT2D eigenvalue weighted by Crippen LogP contribution is -2.21. The van der Waals surface area contributed by atoms with Crippen LogP contribution in [-0.4, -0.2) is 36.9 Å². The van der Waals surface area contributed by atoms with Crippen LogP contribution in [0.2, 0.25) is 0 Å². The van der Waals surface area contributed by atoms with Crippen LogP contribution >= 0.6 is 0 Å². The third kappa shape index (κ3) is 4.00. The molecule has 0 aliphatic rings. The number of ether oxygens (including phenoxy) is 1. The van der Waals surface area contributed by atoms with Crippen LogP contribution in [0, 0.1) is 0 Å². The van der Waals surface area contributed by atoms with E-state index in [9.17, 15) is 4.79 Å². The van der Waals surface area contributed by atoms with Crippen LogP contribution < -0.4 is 10.6 Å². The van der Waals surface area contributed by atoms with Crippen molar-refractivity contribution in [2.75, 3.05) is 26.1 Å². The summed E-state index contributed by atoms with van der Waals surface area (Å²) in [6.07, 6.45) is 0. The van der Waals surface area contributed by atoms with E-state index in [2.05, 4.69) is 20.8 Å². The van der Waals surface area contributed by atoms with E-state index in [1.165, 1.54) is 0 Å². The molecule has 1 unspecified atom stereocenters. The summed E-state index contributed by atoms with van der Waals surface area (Å²) in [7, 11) is 3.21. The van der Waals surface area contributed by atoms with Gasteiger partial charge in [0.05, 0.1) is 12.6 Å². The normalized spacial score (nSPS) is 11.7. The topological polar surface area (TPSA) is 76.1 Å². The number of hydrogen-bond donors (Lipinski definition) is 2. The summed E-state index contributed by atoms with van der Waals surface area (Å²) in [5, 5.41) is 13.7. The van der Waals surface area contributed by atoms with Gasteiger partial charge in [-0.05, 0) is 17.7 Å². The molecule has 0 aliphatic carbocycles. The van der Waals surface area contributed by atoms with E-state index in [1.807, 2.05) is 30.3 Å². The Morgan fingerprint density at radius 3 is 2.52 bits per heavy atom. The summed E-state index contributed by atoms with van der Waals surface area (Å²) in [5.41, 5.74) is 1.38. The van der Waals surface area contributed by atoms with E-state index in [1.54, 1.807) is 26.3 Å². The smallest absolute Gasteiger partial charge is 0.271 e. The molecule has 1 atom stereocenters. The Hall–Kier alpha value is -2.47. The van der Waals surface area contributed by atoms with Crippen molar-refractivity contribution in [2.45, 2.75) is 6.04 Å². The molecule has 0 bridgehead atoms. The van der Waals surface area contributed by atoms with E-state index in [0.717, 1.165) is 5.56 Å². The molecule has 0 fully saturated rings. The Bertz CT molecular complexity index is 572. The summed E-state index contributed by atoms with van der Waals surface area (Å²) >= 11 is 0. The summed E-state index contributed by atoms with van der Waals surface area (Å²) in [4.78, 5) is 11.4. The molecular formula is C15H18N4O2. The van der Waals surface area contributed by atoms with Crippen LogP contribution in [0.5, 0.6) is 0 Å². The maximum Gasteiger partial charge on any atom is 0.271 e. The van der Waals surface area contributed by atoms with Crippen molar-refractivity contribution in [2.24, 2.45) is 0 Å². The van der Waals surface area contributed by atoms with Crippen LogP contribution in [0.4, 0.5) is 5.82 Å². The molecule has 21 heavy (non-hydrogen) atoms. The van der Waals surface area contributed by atoms with Crippen LogP contribution in [0.25, 0.3) is 0 Å². The molecule has 1 aromatic heterocycles. The third-order valence-corrected chi connectivity index (χ3v) is 2.98. The van der Waals surface area contributed by atoms with Crippen molar-refractivity contribution in [1.29, 1.82) is 0 Å². The van der Waals surface area contributed by atoms with Crippen molar-refractivity contribution >= 4 is 11.7 Å². The predicted octanol–water partition coefficient (Wildman–Crippen LogP) is 1.64. The fourth-order valence-electron chi connectivity index (χ4n) is 1.91. The van der Waals surface area contributed by atoms with E-state index in [-0.39, 0.29) is 17.6 Å². The second-order valence-electron chi connectivity index (χ2n) is 4.45. The van der Waals surface area contributed by atoms with Crippen molar-refractivity contribution in [1.82, 2.24) is 15.5 Å². The molecule has 0 spiro atoms. The molecule has 1 amide bonds. The minimum absolute atomic E-state index is 0.0312. The second-order valence-corrected chi connectivity index (χ2v) is 4.45. The SMILES string of the molecule is CNC(=O)c1ccc(NC(COC)c2ccccc2)nn1. The highest BCUT2D eigenvalue weighted by Gasteiger charge is 2.12. The lowest BCUT2D eigenvalue weighted by molar-refractivity contribution is 0.0957. The summed E-state index contributed by atoms with van der Waals surface area (Å²) in [5.74, 6) is 0.333. The molecule has 2 N–H and O–H groups in total. The number of amides is 1. The van der Waals surface area contributed by atoms with Gasteiger partial charge in [0.25, 0.3) is 5.91 Å². The average molecular weight is 286 g/mol. The lowest BCUT2D eigenvalue weighted by Gasteiger charge is -2.18. The van der Waals surface area contributed by atoms with Gasteiger partial charge in [-0.1, -0.05) is 30.3 Å². The number of nitrogens with zero attached hydrogens (tertiary/aromatic N) is 2. The van der Waals surface area contributed by atoms with Gasteiger partial charge in [0, 0.05) is 14.2 Å². The molecule has 0 saturated heterocycles. The van der Waals surface area contributed by atoms with Crippen molar-refractivity contribution in [3.05, 3.63) is 53.7 Å². The average Bonchev–Trinajstić information content (AvgIpc) is 2.55. The second kappa shape index (κ2) is 7.35. The highest BCUT2D eigenvalue weighted by atomic mass is 16.5. The molecule has 1 heterocycles. The van der Waals surface area contributed by atoms with Gasteiger partial charge in [-0.25, -0.2) is 0 Å². The number of carbonyl (C=O) groups excluding carboxylic acids is 1. The maximum atomic E-state index is 11.4. The van der Waals surface area contributed by atoms with Gasteiger partial charge in [0.2, 0.25) is 0 Å². The van der Waals surface area contributed by atoms with Gasteiger partial charge in [-0.2, -0.15) is 0 Å². The predicted molar refractivity (Wildman–Crippen MR) is 80.1 cm³/mol. The first-order chi connectivity index (χ1) is 10.2. The number of aromatic nitrogens is 2. The fraction of sp³-hybridized carbons (Fsp3) is 0.267. The number of hydrogen-bond acceptors (Lipinski definition) is 5. The minimum Gasteiger partial charge on any atom is -0.382 e. The first-order valence-corrected chi connectivity index (χ1v) is 6.61. The van der Waals surface area contributed by atoms with Crippen LogP contribution in [0.1, 0.15) is 22.1 Å². The number of methoxy groups -OCH3 is 1. The molecule has 2 aromatic rings. The van der Waals surface area contributed by atoms with Crippen molar-refractivity contribution < 1.29 is 9.53 Å². The van der Waals surface area contributed by atoms with E-state index in [4.69, 9.17) is 4.74 Å². The first-order valence-electron chi connectivity index (χ1n) is 6.61. The Balaban J connectivity index is 2.12. The minimum atomic E-state index is -0.259. The zero-order valence-electron chi connectivity index (χ0n) is 12.0. The summed E-state index contributed by atoms with van der Waals surface area (Å²) in [6, 6.07) is 13.3. The summed E-state index contributed by atoms with van der Waals surface area (Å²) < 4.78 is 5.24. The van der Waals surface area contributed by atoms with E-state index < -0.39 is 0 Å². The zero-order chi connectivity index (χ0) is 15.1. The Morgan fingerprint density at radius 1 is 1.19 bits per heavy atom. The van der Waals surface area contributed by atoms with Crippen LogP contribution in [-0.2, 0) is 4.74 Å². The standard InChI is InChI=1S/C15H18N4O2/c1-16-15(20)12-8-9-14(19-18-12)17-13(10-21-2)11-6-4-3-5-7-11/h3-9,13H,10H2,1-2H3,(H,16,20)(H,17,19). The zero-order valence-corrected chi connectivity index (χ0v) is 12.0. The molecule has 0 saturated carbocycles. The Kier molecular flexibility index (Phi) is 5.22. The number of anilines is 1. The van der Waals surface area contributed by atoms with Crippen LogP contribution in [0.3, 0.4) is 0 Å². The lowest BCUT2D eigenvalue weighted by atomic mass is 10.1. The van der Waals surface area contributed by atoms with Gasteiger partial charge in [-0.3, -0.25) is 4.79 Å². The molecule has 1 aromatic carbocycles. The van der Waals surface area contributed by atoms with Crippen molar-refractivity contribution in [3.8, 4) is 0 Å². The number of rotatable bonds is 6. The van der Waals surface area contributed by atoms with Gasteiger partial charge in [0.15, 0.2) is 5.69 Å². The first kappa shape index (κ1) is 14.9. The van der Waals surface area contributed by atoms with E-state index in [0.29, 0.717) is 12.4 Å². The summed E-state index contributed by atoms with van der Waals surface area (Å²) in [6.45, 7) is 0.503. The highest BCUT2D eigenvalue weighted by Crippen LogP contribution is 2.18. The van der Waals surface area contributed by atoms with E-state index >= 15 is 0 Å². The largest absolute Gasteiger partial charge is 0.382 e.